The maximum atomic E-state index is 12.8. The second-order valence-corrected chi connectivity index (χ2v) is 7.41. The number of hydrogen-bond donors (Lipinski definition) is 1. The smallest absolute Gasteiger partial charge is 0.240 e. The first kappa shape index (κ1) is 19.6. The average Bonchev–Trinajstić information content (AvgIpc) is 3.15. The molecule has 0 saturated carbocycles. The zero-order chi connectivity index (χ0) is 20.1. The molecule has 0 bridgehead atoms. The third-order valence-corrected chi connectivity index (χ3v) is 4.98. The summed E-state index contributed by atoms with van der Waals surface area (Å²) in [6.45, 7) is 3.26. The van der Waals surface area contributed by atoms with Crippen LogP contribution in [0.3, 0.4) is 0 Å². The minimum Gasteiger partial charge on any atom is -0.326 e. The number of benzene rings is 2. The van der Waals surface area contributed by atoms with Crippen LogP contribution < -0.4 is 10.2 Å². The molecule has 1 N–H and O–H groups in total. The van der Waals surface area contributed by atoms with Gasteiger partial charge in [-0.1, -0.05) is 36.0 Å². The van der Waals surface area contributed by atoms with E-state index in [1.165, 1.54) is 18.7 Å². The van der Waals surface area contributed by atoms with Crippen molar-refractivity contribution < 1.29 is 9.59 Å². The van der Waals surface area contributed by atoms with E-state index >= 15 is 0 Å². The standard InChI is InChI=1S/C19H20N6O2S/c1-13(18(27)24(3)16-9-5-4-6-10-16)28-19-21-22-23-25(19)17-11-7-8-15(12-17)20-14(2)26/h4-13H,1-3H3,(H,20,26). The van der Waals surface area contributed by atoms with Crippen molar-refractivity contribution in [3.8, 4) is 5.69 Å². The number of anilines is 2. The number of tetrazole rings is 1. The van der Waals surface area contributed by atoms with E-state index in [0.717, 1.165) is 5.69 Å². The van der Waals surface area contributed by atoms with E-state index < -0.39 is 5.25 Å². The second-order valence-electron chi connectivity index (χ2n) is 6.10. The number of rotatable bonds is 6. The Kier molecular flexibility index (Phi) is 6.05. The molecule has 2 amide bonds. The number of aromatic nitrogens is 4. The Balaban J connectivity index is 1.77. The van der Waals surface area contributed by atoms with Crippen LogP contribution in [0.25, 0.3) is 5.69 Å². The summed E-state index contributed by atoms with van der Waals surface area (Å²) in [5.41, 5.74) is 2.15. The largest absolute Gasteiger partial charge is 0.326 e. The van der Waals surface area contributed by atoms with Crippen LogP contribution in [0, 0.1) is 0 Å². The van der Waals surface area contributed by atoms with Gasteiger partial charge in [0.25, 0.3) is 0 Å². The molecule has 1 heterocycles. The third kappa shape index (κ3) is 4.55. The molecular formula is C19H20N6O2S. The summed E-state index contributed by atoms with van der Waals surface area (Å²) in [5, 5.41) is 14.6. The molecule has 1 aromatic heterocycles. The van der Waals surface area contributed by atoms with Crippen molar-refractivity contribution in [3.05, 3.63) is 54.6 Å². The molecule has 28 heavy (non-hydrogen) atoms. The Morgan fingerprint density at radius 2 is 1.89 bits per heavy atom. The van der Waals surface area contributed by atoms with Gasteiger partial charge in [0, 0.05) is 25.3 Å². The Morgan fingerprint density at radius 1 is 1.14 bits per heavy atom. The van der Waals surface area contributed by atoms with Gasteiger partial charge < -0.3 is 10.2 Å². The lowest BCUT2D eigenvalue weighted by Crippen LogP contribution is -2.33. The van der Waals surface area contributed by atoms with Crippen LogP contribution in [0.5, 0.6) is 0 Å². The van der Waals surface area contributed by atoms with Gasteiger partial charge >= 0.3 is 0 Å². The second kappa shape index (κ2) is 8.66. The number of nitrogens with zero attached hydrogens (tertiary/aromatic N) is 5. The highest BCUT2D eigenvalue weighted by atomic mass is 32.2. The van der Waals surface area contributed by atoms with Crippen molar-refractivity contribution in [2.24, 2.45) is 0 Å². The zero-order valence-electron chi connectivity index (χ0n) is 15.7. The molecule has 0 aliphatic rings. The molecule has 0 saturated heterocycles. The average molecular weight is 396 g/mol. The number of thioether (sulfide) groups is 1. The summed E-state index contributed by atoms with van der Waals surface area (Å²) in [4.78, 5) is 25.7. The molecular weight excluding hydrogens is 376 g/mol. The monoisotopic (exact) mass is 396 g/mol. The van der Waals surface area contributed by atoms with Crippen molar-refractivity contribution in [3.63, 3.8) is 0 Å². The van der Waals surface area contributed by atoms with Crippen LogP contribution >= 0.6 is 11.8 Å². The highest BCUT2D eigenvalue weighted by molar-refractivity contribution is 8.00. The van der Waals surface area contributed by atoms with Gasteiger partial charge in [-0.3, -0.25) is 9.59 Å². The van der Waals surface area contributed by atoms with Gasteiger partial charge in [0.05, 0.1) is 10.9 Å². The number of amides is 2. The van der Waals surface area contributed by atoms with Gasteiger partial charge in [-0.25, -0.2) is 0 Å². The normalized spacial score (nSPS) is 11.7. The highest BCUT2D eigenvalue weighted by Crippen LogP contribution is 2.26. The molecule has 0 fully saturated rings. The molecule has 1 unspecified atom stereocenters. The lowest BCUT2D eigenvalue weighted by atomic mass is 10.3. The first-order valence-corrected chi connectivity index (χ1v) is 9.49. The molecule has 0 aliphatic heterocycles. The fraction of sp³-hybridized carbons (Fsp3) is 0.211. The molecule has 9 heteroatoms. The molecule has 3 aromatic rings. The van der Waals surface area contributed by atoms with Crippen LogP contribution in [0.1, 0.15) is 13.8 Å². The van der Waals surface area contributed by atoms with Crippen molar-refractivity contribution in [1.29, 1.82) is 0 Å². The number of hydrogen-bond acceptors (Lipinski definition) is 6. The fourth-order valence-electron chi connectivity index (χ4n) is 2.59. The van der Waals surface area contributed by atoms with Gasteiger partial charge in [0.2, 0.25) is 17.0 Å². The summed E-state index contributed by atoms with van der Waals surface area (Å²) < 4.78 is 1.54. The van der Waals surface area contributed by atoms with Crippen LogP contribution in [-0.4, -0.2) is 44.3 Å². The van der Waals surface area contributed by atoms with Gasteiger partial charge in [-0.2, -0.15) is 4.68 Å². The number of para-hydroxylation sites is 1. The summed E-state index contributed by atoms with van der Waals surface area (Å²) in [6, 6.07) is 16.6. The Morgan fingerprint density at radius 3 is 2.61 bits per heavy atom. The number of carbonyl (C=O) groups excluding carboxylic acids is 2. The van der Waals surface area contributed by atoms with Gasteiger partial charge in [-0.05, 0) is 47.7 Å². The maximum Gasteiger partial charge on any atom is 0.240 e. The fourth-order valence-corrected chi connectivity index (χ4v) is 3.49. The molecule has 3 rings (SSSR count). The quantitative estimate of drug-likeness (QED) is 0.644. The molecule has 1 atom stereocenters. The maximum absolute atomic E-state index is 12.8. The number of nitrogens with one attached hydrogen (secondary N) is 1. The summed E-state index contributed by atoms with van der Waals surface area (Å²) in [6.07, 6.45) is 0. The van der Waals surface area contributed by atoms with Crippen molar-refractivity contribution in [2.75, 3.05) is 17.3 Å². The van der Waals surface area contributed by atoms with Crippen molar-refractivity contribution >= 4 is 35.0 Å². The van der Waals surface area contributed by atoms with Crippen molar-refractivity contribution in [1.82, 2.24) is 20.2 Å². The summed E-state index contributed by atoms with van der Waals surface area (Å²) >= 11 is 1.27. The Bertz CT molecular complexity index is 975. The Hall–Kier alpha value is -3.20. The molecule has 2 aromatic carbocycles. The predicted molar refractivity (Wildman–Crippen MR) is 109 cm³/mol. The minimum atomic E-state index is -0.395. The van der Waals surface area contributed by atoms with Gasteiger partial charge in [0.1, 0.15) is 0 Å². The lowest BCUT2D eigenvalue weighted by Gasteiger charge is -2.20. The zero-order valence-corrected chi connectivity index (χ0v) is 16.6. The molecule has 144 valence electrons. The van der Waals surface area contributed by atoms with E-state index in [4.69, 9.17) is 0 Å². The molecule has 0 radical (unpaired) electrons. The lowest BCUT2D eigenvalue weighted by molar-refractivity contribution is -0.117. The van der Waals surface area contributed by atoms with Crippen molar-refractivity contribution in [2.45, 2.75) is 24.3 Å². The van der Waals surface area contributed by atoms with E-state index in [2.05, 4.69) is 20.8 Å². The predicted octanol–water partition coefficient (Wildman–Crippen LogP) is 2.76. The summed E-state index contributed by atoms with van der Waals surface area (Å²) in [5.74, 6) is -0.218. The van der Waals surface area contributed by atoms with Crippen LogP contribution in [-0.2, 0) is 9.59 Å². The van der Waals surface area contributed by atoms with E-state index in [1.807, 2.05) is 43.3 Å². The Labute approximate surface area is 166 Å². The van der Waals surface area contributed by atoms with E-state index in [1.54, 1.807) is 34.8 Å². The molecule has 0 aliphatic carbocycles. The number of carbonyl (C=O) groups is 2. The molecule has 0 spiro atoms. The SMILES string of the molecule is CC(=O)Nc1cccc(-n2nnnc2SC(C)C(=O)N(C)c2ccccc2)c1. The highest BCUT2D eigenvalue weighted by Gasteiger charge is 2.23. The topological polar surface area (TPSA) is 93.0 Å². The van der Waals surface area contributed by atoms with E-state index in [0.29, 0.717) is 16.5 Å². The van der Waals surface area contributed by atoms with Crippen LogP contribution in [0.4, 0.5) is 11.4 Å². The van der Waals surface area contributed by atoms with E-state index in [-0.39, 0.29) is 11.8 Å². The van der Waals surface area contributed by atoms with Gasteiger partial charge in [-0.15, -0.1) is 5.10 Å². The first-order chi connectivity index (χ1) is 13.5. The van der Waals surface area contributed by atoms with Crippen LogP contribution in [0.15, 0.2) is 59.8 Å². The van der Waals surface area contributed by atoms with Crippen LogP contribution in [0.2, 0.25) is 0 Å². The third-order valence-electron chi connectivity index (χ3n) is 3.96. The van der Waals surface area contributed by atoms with Gasteiger partial charge in [0.15, 0.2) is 0 Å². The molecule has 8 nitrogen and oxygen atoms in total. The van der Waals surface area contributed by atoms with E-state index in [9.17, 15) is 9.59 Å². The minimum absolute atomic E-state index is 0.0576. The first-order valence-electron chi connectivity index (χ1n) is 8.61. The summed E-state index contributed by atoms with van der Waals surface area (Å²) in [7, 11) is 1.74.